The molecule has 150 valence electrons. The minimum atomic E-state index is -0.521. The van der Waals surface area contributed by atoms with Crippen LogP contribution >= 0.6 is 0 Å². The lowest BCUT2D eigenvalue weighted by molar-refractivity contribution is -0.112. The number of aryl methyl sites for hydroxylation is 2. The van der Waals surface area contributed by atoms with Crippen LogP contribution in [0.3, 0.4) is 0 Å². The molecule has 1 aliphatic rings. The molecule has 0 atom stereocenters. The van der Waals surface area contributed by atoms with Crippen LogP contribution in [0.25, 0.3) is 11.6 Å². The van der Waals surface area contributed by atoms with Crippen LogP contribution in [0, 0.1) is 13.8 Å². The molecule has 3 aromatic rings. The van der Waals surface area contributed by atoms with E-state index in [9.17, 15) is 14.4 Å². The van der Waals surface area contributed by atoms with Gasteiger partial charge in [-0.25, -0.2) is 9.69 Å². The average molecular weight is 401 g/mol. The first-order chi connectivity index (χ1) is 14.4. The highest BCUT2D eigenvalue weighted by atomic mass is 16.5. The second-order valence-corrected chi connectivity index (χ2v) is 7.00. The average Bonchev–Trinajstić information content (AvgIpc) is 3.12. The molecule has 0 unspecified atom stereocenters. The maximum atomic E-state index is 13.4. The lowest BCUT2D eigenvalue weighted by Gasteiger charge is -2.28. The van der Waals surface area contributed by atoms with Crippen LogP contribution in [0.4, 0.5) is 5.69 Å². The third-order valence-electron chi connectivity index (χ3n) is 5.01. The quantitative estimate of drug-likeness (QED) is 0.369. The standard InChI is InChI=1S/C24H19NO5/c1-14-8-10-16(11-9-14)25-22(26)19-7-5-4-6-18(19)21(23(25)27)13-17-12-20(15(2)30-17)24(28)29-3/h4-13H,1-3H3/b21-13-. The van der Waals surface area contributed by atoms with Gasteiger partial charge in [0.05, 0.1) is 18.4 Å². The number of carbonyl (C=O) groups excluding carboxylic acids is 3. The molecular formula is C24H19NO5. The summed E-state index contributed by atoms with van der Waals surface area (Å²) in [6.07, 6.45) is 1.55. The predicted molar refractivity (Wildman–Crippen MR) is 112 cm³/mol. The van der Waals surface area contributed by atoms with Gasteiger partial charge in [-0.3, -0.25) is 9.59 Å². The van der Waals surface area contributed by atoms with E-state index >= 15 is 0 Å². The van der Waals surface area contributed by atoms with Crippen molar-refractivity contribution in [2.45, 2.75) is 13.8 Å². The monoisotopic (exact) mass is 401 g/mol. The first-order valence-electron chi connectivity index (χ1n) is 9.36. The number of rotatable bonds is 3. The van der Waals surface area contributed by atoms with Gasteiger partial charge in [-0.1, -0.05) is 35.9 Å². The van der Waals surface area contributed by atoms with E-state index in [-0.39, 0.29) is 11.5 Å². The Morgan fingerprint density at radius 2 is 1.63 bits per heavy atom. The number of hydrogen-bond donors (Lipinski definition) is 0. The van der Waals surface area contributed by atoms with Gasteiger partial charge in [0.2, 0.25) is 0 Å². The van der Waals surface area contributed by atoms with Crippen molar-refractivity contribution in [2.24, 2.45) is 0 Å². The summed E-state index contributed by atoms with van der Waals surface area (Å²) in [5, 5.41) is 0. The number of imide groups is 1. The van der Waals surface area contributed by atoms with Gasteiger partial charge in [-0.15, -0.1) is 0 Å². The molecule has 0 N–H and O–H groups in total. The van der Waals surface area contributed by atoms with Gasteiger partial charge < -0.3 is 9.15 Å². The van der Waals surface area contributed by atoms with Gasteiger partial charge in [0.15, 0.2) is 0 Å². The number of ether oxygens (including phenoxy) is 1. The van der Waals surface area contributed by atoms with E-state index in [4.69, 9.17) is 9.15 Å². The predicted octanol–water partition coefficient (Wildman–Crippen LogP) is 4.41. The summed E-state index contributed by atoms with van der Waals surface area (Å²) in [4.78, 5) is 39.5. The zero-order valence-electron chi connectivity index (χ0n) is 16.8. The molecule has 30 heavy (non-hydrogen) atoms. The van der Waals surface area contributed by atoms with E-state index in [2.05, 4.69) is 0 Å². The lowest BCUT2D eigenvalue weighted by atomic mass is 9.92. The summed E-state index contributed by atoms with van der Waals surface area (Å²) in [6, 6.07) is 15.6. The lowest BCUT2D eigenvalue weighted by Crippen LogP contribution is -2.41. The molecule has 0 bridgehead atoms. The first-order valence-corrected chi connectivity index (χ1v) is 9.36. The summed E-state index contributed by atoms with van der Waals surface area (Å²) >= 11 is 0. The summed E-state index contributed by atoms with van der Waals surface area (Å²) in [7, 11) is 1.29. The molecule has 0 spiro atoms. The SMILES string of the molecule is COC(=O)c1cc(/C=C2\C(=O)N(c3ccc(C)cc3)C(=O)c3ccccc32)oc1C. The van der Waals surface area contributed by atoms with E-state index in [1.165, 1.54) is 13.2 Å². The molecule has 1 aliphatic heterocycles. The summed E-state index contributed by atoms with van der Waals surface area (Å²) in [5.74, 6) is -0.660. The minimum absolute atomic E-state index is 0.285. The number of amides is 2. The molecule has 0 fully saturated rings. The Hall–Kier alpha value is -3.93. The summed E-state index contributed by atoms with van der Waals surface area (Å²) < 4.78 is 10.4. The molecule has 0 saturated carbocycles. The maximum Gasteiger partial charge on any atom is 0.341 e. The van der Waals surface area contributed by atoms with Crippen molar-refractivity contribution < 1.29 is 23.5 Å². The fraction of sp³-hybridized carbons (Fsp3) is 0.125. The first kappa shape index (κ1) is 19.4. The van der Waals surface area contributed by atoms with Crippen molar-refractivity contribution in [3.8, 4) is 0 Å². The number of benzene rings is 2. The summed E-state index contributed by atoms with van der Waals surface area (Å²) in [6.45, 7) is 3.58. The number of hydrogen-bond acceptors (Lipinski definition) is 5. The van der Waals surface area contributed by atoms with Gasteiger partial charge >= 0.3 is 5.97 Å². The smallest absolute Gasteiger partial charge is 0.341 e. The van der Waals surface area contributed by atoms with E-state index in [1.54, 1.807) is 49.4 Å². The van der Waals surface area contributed by atoms with Crippen molar-refractivity contribution in [1.82, 2.24) is 0 Å². The van der Waals surface area contributed by atoms with Crippen LogP contribution in [-0.2, 0) is 9.53 Å². The highest BCUT2D eigenvalue weighted by Gasteiger charge is 2.36. The zero-order chi connectivity index (χ0) is 21.4. The fourth-order valence-corrected chi connectivity index (χ4v) is 3.45. The number of esters is 1. The van der Waals surface area contributed by atoms with Crippen molar-refractivity contribution in [2.75, 3.05) is 12.0 Å². The maximum absolute atomic E-state index is 13.4. The molecule has 1 aromatic heterocycles. The molecule has 4 rings (SSSR count). The van der Waals surface area contributed by atoms with Crippen molar-refractivity contribution in [1.29, 1.82) is 0 Å². The Labute approximate surface area is 173 Å². The van der Waals surface area contributed by atoms with E-state index in [1.807, 2.05) is 19.1 Å². The number of fused-ring (bicyclic) bond motifs is 1. The molecular weight excluding hydrogens is 382 g/mol. The van der Waals surface area contributed by atoms with Crippen LogP contribution in [-0.4, -0.2) is 24.9 Å². The van der Waals surface area contributed by atoms with Crippen molar-refractivity contribution in [3.05, 3.63) is 88.4 Å². The second kappa shape index (κ2) is 7.48. The third kappa shape index (κ3) is 3.22. The van der Waals surface area contributed by atoms with Gasteiger partial charge in [-0.05, 0) is 44.2 Å². The van der Waals surface area contributed by atoms with Gasteiger partial charge in [0.25, 0.3) is 11.8 Å². The Balaban J connectivity index is 1.86. The van der Waals surface area contributed by atoms with E-state index < -0.39 is 11.9 Å². The van der Waals surface area contributed by atoms with Crippen molar-refractivity contribution in [3.63, 3.8) is 0 Å². The molecule has 0 saturated heterocycles. The van der Waals surface area contributed by atoms with Crippen LogP contribution < -0.4 is 4.90 Å². The Kier molecular flexibility index (Phi) is 4.83. The number of nitrogens with zero attached hydrogens (tertiary/aromatic N) is 1. The molecule has 2 heterocycles. The molecule has 6 heteroatoms. The van der Waals surface area contributed by atoms with Crippen LogP contribution in [0.15, 0.2) is 59.0 Å². The third-order valence-corrected chi connectivity index (χ3v) is 5.01. The highest BCUT2D eigenvalue weighted by Crippen LogP contribution is 2.34. The van der Waals surface area contributed by atoms with Gasteiger partial charge in [0, 0.05) is 11.1 Å². The van der Waals surface area contributed by atoms with E-state index in [0.717, 1.165) is 10.5 Å². The molecule has 2 aromatic carbocycles. The number of carbonyl (C=O) groups is 3. The topological polar surface area (TPSA) is 76.8 Å². The van der Waals surface area contributed by atoms with Crippen molar-refractivity contribution >= 4 is 35.1 Å². The number of anilines is 1. The van der Waals surface area contributed by atoms with Crippen LogP contribution in [0.1, 0.15) is 43.4 Å². The summed E-state index contributed by atoms with van der Waals surface area (Å²) in [5.41, 5.74) is 3.03. The van der Waals surface area contributed by atoms with Gasteiger partial charge in [-0.2, -0.15) is 0 Å². The number of furan rings is 1. The molecule has 2 amide bonds. The Bertz CT molecular complexity index is 1200. The Morgan fingerprint density at radius 3 is 2.30 bits per heavy atom. The molecule has 0 radical (unpaired) electrons. The zero-order valence-corrected chi connectivity index (χ0v) is 16.8. The number of methoxy groups -OCH3 is 1. The van der Waals surface area contributed by atoms with Crippen LogP contribution in [0.5, 0.6) is 0 Å². The largest absolute Gasteiger partial charge is 0.465 e. The molecule has 0 aliphatic carbocycles. The van der Waals surface area contributed by atoms with Gasteiger partial charge in [0.1, 0.15) is 17.1 Å². The second-order valence-electron chi connectivity index (χ2n) is 7.00. The normalized spacial score (nSPS) is 14.8. The van der Waals surface area contributed by atoms with Crippen LogP contribution in [0.2, 0.25) is 0 Å². The fourth-order valence-electron chi connectivity index (χ4n) is 3.45. The molecule has 6 nitrogen and oxygen atoms in total. The minimum Gasteiger partial charge on any atom is -0.465 e. The van der Waals surface area contributed by atoms with E-state index in [0.29, 0.717) is 33.9 Å². The Morgan fingerprint density at radius 1 is 0.967 bits per heavy atom. The highest BCUT2D eigenvalue weighted by molar-refractivity contribution is 6.43.